The van der Waals surface area contributed by atoms with Crippen LogP contribution in [0.1, 0.15) is 41.5 Å². The summed E-state index contributed by atoms with van der Waals surface area (Å²) in [5, 5.41) is 0.719. The van der Waals surface area contributed by atoms with Crippen molar-refractivity contribution in [1.82, 2.24) is 14.4 Å². The summed E-state index contributed by atoms with van der Waals surface area (Å²) in [5.41, 5.74) is 4.26. The van der Waals surface area contributed by atoms with Gasteiger partial charge in [-0.1, -0.05) is 36.5 Å². The first-order valence-corrected chi connectivity index (χ1v) is 11.2. The Kier molecular flexibility index (Phi) is 5.00. The Bertz CT molecular complexity index is 1220. The second kappa shape index (κ2) is 7.81. The van der Waals surface area contributed by atoms with Crippen LogP contribution < -0.4 is 4.90 Å². The van der Waals surface area contributed by atoms with Gasteiger partial charge in [0, 0.05) is 12.8 Å². The summed E-state index contributed by atoms with van der Waals surface area (Å²) in [4.78, 5) is 25.1. The van der Waals surface area contributed by atoms with E-state index in [9.17, 15) is 4.79 Å². The number of ether oxygens (including phenoxy) is 1. The van der Waals surface area contributed by atoms with Gasteiger partial charge in [0.15, 0.2) is 5.13 Å². The summed E-state index contributed by atoms with van der Waals surface area (Å²) in [5.74, 6) is -0.0844. The van der Waals surface area contributed by atoms with Gasteiger partial charge in [0.1, 0.15) is 11.3 Å². The van der Waals surface area contributed by atoms with E-state index in [0.29, 0.717) is 12.2 Å². The lowest BCUT2D eigenvalue weighted by molar-refractivity contribution is 0.0912. The molecule has 1 unspecified atom stereocenters. The summed E-state index contributed by atoms with van der Waals surface area (Å²) in [6.45, 7) is 5.27. The fourth-order valence-electron chi connectivity index (χ4n) is 4.13. The van der Waals surface area contributed by atoms with Crippen molar-refractivity contribution in [2.24, 2.45) is 0 Å². The Hall–Kier alpha value is -2.77. The van der Waals surface area contributed by atoms with E-state index in [0.717, 1.165) is 52.6 Å². The molecule has 3 aromatic heterocycles. The van der Waals surface area contributed by atoms with Crippen molar-refractivity contribution in [3.63, 3.8) is 0 Å². The van der Waals surface area contributed by atoms with Gasteiger partial charge in [0.25, 0.3) is 5.91 Å². The summed E-state index contributed by atoms with van der Waals surface area (Å²) >= 11 is 1.56. The second-order valence-electron chi connectivity index (χ2n) is 7.64. The molecule has 0 bridgehead atoms. The van der Waals surface area contributed by atoms with Gasteiger partial charge in [-0.2, -0.15) is 0 Å². The van der Waals surface area contributed by atoms with Gasteiger partial charge in [-0.25, -0.2) is 9.97 Å². The van der Waals surface area contributed by atoms with E-state index in [2.05, 4.69) is 30.1 Å². The first-order chi connectivity index (χ1) is 14.7. The number of aromatic nitrogens is 3. The normalized spacial score (nSPS) is 16.5. The number of fused-ring (bicyclic) bond motifs is 2. The number of nitrogens with zero attached hydrogens (tertiary/aromatic N) is 4. The van der Waals surface area contributed by atoms with Crippen molar-refractivity contribution in [2.45, 2.75) is 39.2 Å². The molecule has 1 aromatic carbocycles. The molecule has 0 aliphatic carbocycles. The Balaban J connectivity index is 1.61. The maximum atomic E-state index is 13.8. The zero-order valence-electron chi connectivity index (χ0n) is 17.2. The molecular formula is C23H24N4O2S. The number of carbonyl (C=O) groups excluding carboxylic acids is 1. The number of benzene rings is 1. The monoisotopic (exact) mass is 420 g/mol. The smallest absolute Gasteiger partial charge is 0.279 e. The first-order valence-electron chi connectivity index (χ1n) is 10.4. The van der Waals surface area contributed by atoms with Crippen LogP contribution in [-0.2, 0) is 11.2 Å². The van der Waals surface area contributed by atoms with E-state index in [-0.39, 0.29) is 12.0 Å². The van der Waals surface area contributed by atoms with Crippen LogP contribution in [0.25, 0.3) is 15.9 Å². The van der Waals surface area contributed by atoms with Gasteiger partial charge in [-0.3, -0.25) is 14.1 Å². The molecule has 4 aromatic rings. The molecule has 0 spiro atoms. The molecule has 4 heterocycles. The Morgan fingerprint density at radius 3 is 2.97 bits per heavy atom. The Labute approximate surface area is 179 Å². The maximum Gasteiger partial charge on any atom is 0.279 e. The van der Waals surface area contributed by atoms with Crippen LogP contribution in [0.5, 0.6) is 0 Å². The van der Waals surface area contributed by atoms with E-state index in [1.54, 1.807) is 16.2 Å². The molecule has 154 valence electrons. The average Bonchev–Trinajstić information content (AvgIpc) is 3.48. The first kappa shape index (κ1) is 19.2. The van der Waals surface area contributed by atoms with Crippen LogP contribution in [0, 0.1) is 6.92 Å². The van der Waals surface area contributed by atoms with Crippen molar-refractivity contribution in [3.05, 3.63) is 59.5 Å². The molecule has 30 heavy (non-hydrogen) atoms. The average molecular weight is 421 g/mol. The van der Waals surface area contributed by atoms with Gasteiger partial charge in [-0.15, -0.1) is 0 Å². The molecule has 0 saturated carbocycles. The van der Waals surface area contributed by atoms with Gasteiger partial charge < -0.3 is 4.74 Å². The van der Waals surface area contributed by atoms with Crippen LogP contribution in [-0.4, -0.2) is 39.5 Å². The van der Waals surface area contributed by atoms with Crippen molar-refractivity contribution in [1.29, 1.82) is 0 Å². The maximum absolute atomic E-state index is 13.8. The van der Waals surface area contributed by atoms with Crippen molar-refractivity contribution in [3.8, 4) is 0 Å². The lowest BCUT2D eigenvalue weighted by Crippen LogP contribution is -2.38. The summed E-state index contributed by atoms with van der Waals surface area (Å²) in [7, 11) is 0. The number of pyridine rings is 1. The van der Waals surface area contributed by atoms with Gasteiger partial charge >= 0.3 is 0 Å². The molecule has 0 radical (unpaired) electrons. The molecule has 1 amide bonds. The number of hydrogen-bond donors (Lipinski definition) is 0. The van der Waals surface area contributed by atoms with E-state index in [4.69, 9.17) is 9.72 Å². The number of carbonyl (C=O) groups is 1. The Morgan fingerprint density at radius 1 is 1.27 bits per heavy atom. The van der Waals surface area contributed by atoms with Crippen LogP contribution in [0.3, 0.4) is 0 Å². The highest BCUT2D eigenvalue weighted by molar-refractivity contribution is 7.22. The SMILES string of the molecule is CCc1cccc2sc(N(CC3CCCO3)C(=O)c3c(C)nc4ccccn34)nc12. The zero-order valence-corrected chi connectivity index (χ0v) is 18.0. The molecular weight excluding hydrogens is 396 g/mol. The minimum atomic E-state index is -0.0844. The third-order valence-electron chi connectivity index (χ3n) is 5.67. The number of rotatable bonds is 5. The Morgan fingerprint density at radius 2 is 2.17 bits per heavy atom. The highest BCUT2D eigenvalue weighted by Gasteiger charge is 2.30. The number of para-hydroxylation sites is 1. The largest absolute Gasteiger partial charge is 0.376 e. The number of hydrogen-bond acceptors (Lipinski definition) is 5. The number of amides is 1. The lowest BCUT2D eigenvalue weighted by atomic mass is 10.1. The minimum absolute atomic E-state index is 0.0334. The van der Waals surface area contributed by atoms with Crippen LogP contribution in [0.15, 0.2) is 42.6 Å². The van der Waals surface area contributed by atoms with E-state index >= 15 is 0 Å². The number of anilines is 1. The van der Waals surface area contributed by atoms with E-state index in [1.165, 1.54) is 5.56 Å². The molecule has 5 rings (SSSR count). The highest BCUT2D eigenvalue weighted by atomic mass is 32.1. The molecule has 1 aliphatic heterocycles. The molecule has 1 atom stereocenters. The zero-order chi connectivity index (χ0) is 20.7. The molecule has 6 nitrogen and oxygen atoms in total. The number of thiazole rings is 1. The molecule has 0 N–H and O–H groups in total. The third-order valence-corrected chi connectivity index (χ3v) is 6.71. The summed E-state index contributed by atoms with van der Waals surface area (Å²) in [6.07, 6.45) is 4.82. The van der Waals surface area contributed by atoms with E-state index < -0.39 is 0 Å². The van der Waals surface area contributed by atoms with Crippen LogP contribution >= 0.6 is 11.3 Å². The fourth-order valence-corrected chi connectivity index (χ4v) is 5.15. The van der Waals surface area contributed by atoms with Crippen LogP contribution in [0.2, 0.25) is 0 Å². The standard InChI is InChI=1S/C23H24N4O2S/c1-3-16-8-6-10-18-20(16)25-23(30-18)27(14-17-9-7-13-29-17)22(28)21-15(2)24-19-11-4-5-12-26(19)21/h4-6,8,10-12,17H,3,7,9,13-14H2,1-2H3. The lowest BCUT2D eigenvalue weighted by Gasteiger charge is -2.23. The summed E-state index contributed by atoms with van der Waals surface area (Å²) in [6, 6.07) is 12.0. The van der Waals surface area contributed by atoms with E-state index in [1.807, 2.05) is 35.7 Å². The predicted octanol–water partition coefficient (Wildman–Crippen LogP) is 4.64. The molecule has 1 saturated heterocycles. The molecule has 1 fully saturated rings. The van der Waals surface area contributed by atoms with Gasteiger partial charge in [-0.05, 0) is 49.9 Å². The van der Waals surface area contributed by atoms with Gasteiger partial charge in [0.2, 0.25) is 0 Å². The number of imidazole rings is 1. The number of aryl methyl sites for hydroxylation is 2. The highest BCUT2D eigenvalue weighted by Crippen LogP contribution is 2.33. The quantitative estimate of drug-likeness (QED) is 0.472. The van der Waals surface area contributed by atoms with Gasteiger partial charge in [0.05, 0.1) is 28.6 Å². The second-order valence-corrected chi connectivity index (χ2v) is 8.65. The fraction of sp³-hybridized carbons (Fsp3) is 0.348. The summed E-state index contributed by atoms with van der Waals surface area (Å²) < 4.78 is 8.84. The molecule has 7 heteroatoms. The third kappa shape index (κ3) is 3.28. The minimum Gasteiger partial charge on any atom is -0.376 e. The van der Waals surface area contributed by atoms with Crippen molar-refractivity contribution >= 4 is 38.2 Å². The van der Waals surface area contributed by atoms with Crippen molar-refractivity contribution in [2.75, 3.05) is 18.1 Å². The van der Waals surface area contributed by atoms with Crippen LogP contribution in [0.4, 0.5) is 5.13 Å². The predicted molar refractivity (Wildman–Crippen MR) is 120 cm³/mol. The van der Waals surface area contributed by atoms with Crippen molar-refractivity contribution < 1.29 is 9.53 Å². The topological polar surface area (TPSA) is 59.7 Å². The molecule has 1 aliphatic rings.